The molecule has 1 nitrogen and oxygen atoms in total. The van der Waals surface area contributed by atoms with Gasteiger partial charge in [-0.1, -0.05) is 0 Å². The second-order valence-electron chi connectivity index (χ2n) is 1.55. The van der Waals surface area contributed by atoms with E-state index in [2.05, 4.69) is 0 Å². The number of rotatable bonds is 3. The van der Waals surface area contributed by atoms with Gasteiger partial charge in [0.15, 0.2) is 0 Å². The van der Waals surface area contributed by atoms with Gasteiger partial charge in [-0.05, 0) is 0 Å². The summed E-state index contributed by atoms with van der Waals surface area (Å²) in [6.45, 7) is 5.89. The van der Waals surface area contributed by atoms with E-state index >= 15 is 0 Å². The van der Waals surface area contributed by atoms with E-state index in [1.165, 1.54) is 0 Å². The third kappa shape index (κ3) is 3.56. The Morgan fingerprint density at radius 2 is 1.80 bits per heavy atom. The zero-order chi connectivity index (χ0) is 8.15. The Morgan fingerprint density at radius 1 is 1.40 bits per heavy atom. The van der Waals surface area contributed by atoms with Crippen LogP contribution in [0.15, 0.2) is 0 Å². The Bertz CT molecular complexity index is 116. The van der Waals surface area contributed by atoms with E-state index in [0.29, 0.717) is 0 Å². The predicted octanol–water partition coefficient (Wildman–Crippen LogP) is 2.54. The van der Waals surface area contributed by atoms with E-state index in [0.717, 1.165) is 16.3 Å². The van der Waals surface area contributed by atoms with Crippen molar-refractivity contribution in [1.29, 1.82) is 0 Å². The summed E-state index contributed by atoms with van der Waals surface area (Å²) >= 11 is 3.19. The molecule has 66 valence electrons. The minimum absolute atomic E-state index is 0.767. The van der Waals surface area contributed by atoms with Crippen LogP contribution in [0.5, 0.6) is 0 Å². The van der Waals surface area contributed by atoms with Gasteiger partial charge in [0, 0.05) is 0 Å². The van der Waals surface area contributed by atoms with Crippen molar-refractivity contribution < 1.29 is 16.3 Å². The van der Waals surface area contributed by atoms with Gasteiger partial charge in [0.05, 0.1) is 0 Å². The Kier molecular flexibility index (Phi) is 6.51. The van der Waals surface area contributed by atoms with Gasteiger partial charge in [-0.15, -0.1) is 0 Å². The second-order valence-corrected chi connectivity index (χ2v) is 9.48. The van der Waals surface area contributed by atoms with Gasteiger partial charge < -0.3 is 0 Å². The Morgan fingerprint density at radius 3 is 1.90 bits per heavy atom. The molecular formula is C5H10AuCl2NS. The molecule has 0 aliphatic heterocycles. The van der Waals surface area contributed by atoms with Crippen LogP contribution in [-0.4, -0.2) is 21.2 Å². The topological polar surface area (TPSA) is 3.24 Å². The molecule has 0 saturated carbocycles. The van der Waals surface area contributed by atoms with E-state index in [1.807, 2.05) is 18.7 Å². The molecule has 0 fully saturated rings. The van der Waals surface area contributed by atoms with E-state index < -0.39 is 16.3 Å². The standard InChI is InChI=1S/C5H10NS.Au.2ClH/c1-3-6(4-2)5-7;;;/h3-4H2,1-2H3;;2*1H/q;+2;;/p-2. The van der Waals surface area contributed by atoms with Crippen LogP contribution < -0.4 is 0 Å². The van der Waals surface area contributed by atoms with Gasteiger partial charge in [-0.2, -0.15) is 0 Å². The summed E-state index contributed by atoms with van der Waals surface area (Å²) in [4.78, 5) is 2.02. The van der Waals surface area contributed by atoms with E-state index in [4.69, 9.17) is 30.6 Å². The van der Waals surface area contributed by atoms with Crippen molar-refractivity contribution in [3.05, 3.63) is 0 Å². The molecule has 0 aromatic heterocycles. The summed E-state index contributed by atoms with van der Waals surface area (Å²) < 4.78 is 0.767. The first-order valence-corrected chi connectivity index (χ1v) is 9.71. The first-order valence-electron chi connectivity index (χ1n) is 2.85. The molecule has 0 rings (SSSR count). The van der Waals surface area contributed by atoms with Gasteiger partial charge in [-0.3, -0.25) is 0 Å². The maximum absolute atomic E-state index is 5.71. The summed E-state index contributed by atoms with van der Waals surface area (Å²) in [6, 6.07) is 0. The average Bonchev–Trinajstić information content (AvgIpc) is 1.90. The Balaban J connectivity index is 3.89. The molecule has 0 aromatic carbocycles. The van der Waals surface area contributed by atoms with Crippen LogP contribution >= 0.6 is 30.6 Å². The Hall–Kier alpha value is 1.21. The molecule has 0 aliphatic rings. The van der Waals surface area contributed by atoms with Gasteiger partial charge in [-0.25, -0.2) is 0 Å². The fourth-order valence-corrected chi connectivity index (χ4v) is 3.16. The summed E-state index contributed by atoms with van der Waals surface area (Å²) in [5.74, 6) is 0. The fourth-order valence-electron chi connectivity index (χ4n) is 0.520. The van der Waals surface area contributed by atoms with Crippen molar-refractivity contribution in [2.75, 3.05) is 13.1 Å². The van der Waals surface area contributed by atoms with Crippen LogP contribution in [0.25, 0.3) is 0 Å². The van der Waals surface area contributed by atoms with Crippen LogP contribution in [0.4, 0.5) is 0 Å². The van der Waals surface area contributed by atoms with Gasteiger partial charge in [0.1, 0.15) is 0 Å². The molecule has 0 radical (unpaired) electrons. The average molecular weight is 384 g/mol. The van der Waals surface area contributed by atoms with Crippen molar-refractivity contribution in [2.24, 2.45) is 0 Å². The maximum atomic E-state index is 5.71. The summed E-state index contributed by atoms with van der Waals surface area (Å²) in [6.07, 6.45) is 0. The fraction of sp³-hybridized carbons (Fsp3) is 0.800. The van der Waals surface area contributed by atoms with E-state index in [9.17, 15) is 0 Å². The number of halogens is 2. The first kappa shape index (κ1) is 11.2. The monoisotopic (exact) mass is 383 g/mol. The van der Waals surface area contributed by atoms with Crippen molar-refractivity contribution >= 4 is 33.8 Å². The van der Waals surface area contributed by atoms with Crippen LogP contribution in [0, 0.1) is 0 Å². The van der Waals surface area contributed by atoms with Crippen molar-refractivity contribution in [2.45, 2.75) is 13.8 Å². The molecule has 0 amide bonds. The molecule has 0 spiro atoms. The summed E-state index contributed by atoms with van der Waals surface area (Å²) in [7, 11) is 11.4. The normalized spacial score (nSPS) is 11.0. The SMILES string of the molecule is CCN(CC)[C](=S)[Au]([Cl])[Cl]. The molecule has 0 N–H and O–H groups in total. The third-order valence-electron chi connectivity index (χ3n) is 1.09. The van der Waals surface area contributed by atoms with Crippen LogP contribution in [-0.2, 0) is 16.3 Å². The van der Waals surface area contributed by atoms with Crippen molar-refractivity contribution in [3.63, 3.8) is 0 Å². The van der Waals surface area contributed by atoms with Crippen LogP contribution in [0.2, 0.25) is 0 Å². The third-order valence-corrected chi connectivity index (χ3v) is 6.61. The molecule has 0 atom stereocenters. The number of hydrogen-bond acceptors (Lipinski definition) is 1. The Labute approximate surface area is 81.4 Å². The molecule has 10 heavy (non-hydrogen) atoms. The number of thiocarbonyl (C=S) groups is 1. The van der Waals surface area contributed by atoms with E-state index in [-0.39, 0.29) is 0 Å². The van der Waals surface area contributed by atoms with Crippen LogP contribution in [0.1, 0.15) is 13.8 Å². The summed E-state index contributed by atoms with van der Waals surface area (Å²) in [5, 5.41) is 0. The molecule has 0 unspecified atom stereocenters. The molecule has 0 bridgehead atoms. The molecule has 0 heterocycles. The van der Waals surface area contributed by atoms with Gasteiger partial charge in [0.25, 0.3) is 0 Å². The zero-order valence-corrected chi connectivity index (χ0v) is 10.3. The zero-order valence-electron chi connectivity index (χ0n) is 5.83. The van der Waals surface area contributed by atoms with Gasteiger partial charge >= 0.3 is 81.9 Å². The second kappa shape index (κ2) is 5.81. The summed E-state index contributed by atoms with van der Waals surface area (Å²) in [5.41, 5.74) is 0. The molecule has 0 saturated heterocycles. The quantitative estimate of drug-likeness (QED) is 0.544. The number of nitrogens with zero attached hydrogens (tertiary/aromatic N) is 1. The van der Waals surface area contributed by atoms with Crippen molar-refractivity contribution in [1.82, 2.24) is 4.90 Å². The van der Waals surface area contributed by atoms with E-state index in [1.54, 1.807) is 0 Å². The van der Waals surface area contributed by atoms with Crippen LogP contribution in [0.3, 0.4) is 0 Å². The predicted molar refractivity (Wildman–Crippen MR) is 47.2 cm³/mol. The van der Waals surface area contributed by atoms with Gasteiger partial charge in [0.2, 0.25) is 0 Å². The minimum atomic E-state index is -1.84. The molecular weight excluding hydrogens is 374 g/mol. The molecule has 0 aliphatic carbocycles. The molecule has 0 aromatic rings. The molecule has 5 heteroatoms. The van der Waals surface area contributed by atoms with Crippen molar-refractivity contribution in [3.8, 4) is 0 Å². The number of hydrogen-bond donors (Lipinski definition) is 0. The first-order chi connectivity index (χ1) is 4.63.